The summed E-state index contributed by atoms with van der Waals surface area (Å²) in [6.45, 7) is 4.57. The molecule has 0 spiro atoms. The van der Waals surface area contributed by atoms with Gasteiger partial charge in [-0.1, -0.05) is 48.0 Å². The van der Waals surface area contributed by atoms with E-state index in [-0.39, 0.29) is 5.91 Å². The minimum Gasteiger partial charge on any atom is -0.494 e. The number of amides is 1. The zero-order chi connectivity index (χ0) is 20.9. The van der Waals surface area contributed by atoms with Gasteiger partial charge < -0.3 is 10.1 Å². The molecule has 0 radical (unpaired) electrons. The molecular weight excluding hydrogens is 374 g/mol. The van der Waals surface area contributed by atoms with E-state index in [0.717, 1.165) is 22.6 Å². The first-order valence-corrected chi connectivity index (χ1v) is 9.90. The molecule has 5 nitrogen and oxygen atoms in total. The van der Waals surface area contributed by atoms with Gasteiger partial charge >= 0.3 is 0 Å². The van der Waals surface area contributed by atoms with Crippen molar-refractivity contribution in [3.8, 4) is 22.7 Å². The molecule has 0 aliphatic heterocycles. The Kier molecular flexibility index (Phi) is 5.61. The summed E-state index contributed by atoms with van der Waals surface area (Å²) >= 11 is 0. The molecule has 0 saturated carbocycles. The fraction of sp³-hybridized carbons (Fsp3) is 0.120. The number of para-hydroxylation sites is 1. The summed E-state index contributed by atoms with van der Waals surface area (Å²) < 4.78 is 7.20. The van der Waals surface area contributed by atoms with Crippen molar-refractivity contribution in [2.75, 3.05) is 11.9 Å². The summed E-state index contributed by atoms with van der Waals surface area (Å²) in [5.41, 5.74) is 4.80. The van der Waals surface area contributed by atoms with Crippen LogP contribution in [0.5, 0.6) is 5.75 Å². The maximum absolute atomic E-state index is 13.1. The van der Waals surface area contributed by atoms with E-state index in [1.807, 2.05) is 92.7 Å². The molecule has 0 fully saturated rings. The number of nitrogens with zero attached hydrogens (tertiary/aromatic N) is 2. The molecule has 150 valence electrons. The number of aryl methyl sites for hydroxylation is 1. The number of ether oxygens (including phenoxy) is 1. The smallest absolute Gasteiger partial charge is 0.259 e. The van der Waals surface area contributed by atoms with Crippen molar-refractivity contribution in [3.05, 3.63) is 96.2 Å². The second kappa shape index (κ2) is 8.66. The van der Waals surface area contributed by atoms with Gasteiger partial charge in [-0.05, 0) is 50.2 Å². The molecule has 0 saturated heterocycles. The van der Waals surface area contributed by atoms with Gasteiger partial charge in [0.25, 0.3) is 5.91 Å². The van der Waals surface area contributed by atoms with Crippen molar-refractivity contribution in [3.63, 3.8) is 0 Å². The zero-order valence-corrected chi connectivity index (χ0v) is 17.0. The standard InChI is InChI=1S/C25H23N3O2/c1-3-30-22-15-13-20(14-16-22)26-25(29)23-17-28(21-7-5-4-6-8-21)27-24(23)19-11-9-18(2)10-12-19/h4-17H,3H2,1-2H3,(H,26,29). The highest BCUT2D eigenvalue weighted by Gasteiger charge is 2.19. The molecule has 0 atom stereocenters. The third-order valence-corrected chi connectivity index (χ3v) is 4.73. The molecule has 1 heterocycles. The highest BCUT2D eigenvalue weighted by molar-refractivity contribution is 6.08. The Labute approximate surface area is 175 Å². The number of benzene rings is 3. The Bertz CT molecular complexity index is 1130. The first-order chi connectivity index (χ1) is 14.6. The lowest BCUT2D eigenvalue weighted by atomic mass is 10.1. The largest absolute Gasteiger partial charge is 0.494 e. The zero-order valence-electron chi connectivity index (χ0n) is 17.0. The number of hydrogen-bond donors (Lipinski definition) is 1. The van der Waals surface area contributed by atoms with Gasteiger partial charge in [-0.2, -0.15) is 5.10 Å². The Hall–Kier alpha value is -3.86. The Morgan fingerprint density at radius 2 is 1.67 bits per heavy atom. The van der Waals surface area contributed by atoms with Crippen LogP contribution in [0.3, 0.4) is 0 Å². The predicted molar refractivity (Wildman–Crippen MR) is 119 cm³/mol. The second-order valence-corrected chi connectivity index (χ2v) is 6.95. The molecule has 1 amide bonds. The SMILES string of the molecule is CCOc1ccc(NC(=O)c2cn(-c3ccccc3)nc2-c2ccc(C)cc2)cc1. The number of carbonyl (C=O) groups is 1. The van der Waals surface area contributed by atoms with Crippen molar-refractivity contribution < 1.29 is 9.53 Å². The quantitative estimate of drug-likeness (QED) is 0.467. The molecule has 0 bridgehead atoms. The summed E-state index contributed by atoms with van der Waals surface area (Å²) in [6, 6.07) is 25.1. The van der Waals surface area contributed by atoms with E-state index in [0.29, 0.717) is 23.6 Å². The topological polar surface area (TPSA) is 56.1 Å². The third kappa shape index (κ3) is 4.25. The van der Waals surface area contributed by atoms with Crippen LogP contribution in [0.25, 0.3) is 16.9 Å². The monoisotopic (exact) mass is 397 g/mol. The fourth-order valence-electron chi connectivity index (χ4n) is 3.18. The summed E-state index contributed by atoms with van der Waals surface area (Å²) in [5, 5.41) is 7.68. The summed E-state index contributed by atoms with van der Waals surface area (Å²) in [6.07, 6.45) is 1.77. The number of anilines is 1. The molecule has 4 aromatic rings. The van der Waals surface area contributed by atoms with Crippen LogP contribution in [-0.2, 0) is 0 Å². The van der Waals surface area contributed by atoms with Gasteiger partial charge in [-0.15, -0.1) is 0 Å². The molecule has 0 aliphatic rings. The summed E-state index contributed by atoms with van der Waals surface area (Å²) in [4.78, 5) is 13.1. The fourth-order valence-corrected chi connectivity index (χ4v) is 3.18. The molecule has 30 heavy (non-hydrogen) atoms. The van der Waals surface area contributed by atoms with Gasteiger partial charge in [0.15, 0.2) is 0 Å². The molecule has 3 aromatic carbocycles. The van der Waals surface area contributed by atoms with E-state index in [1.54, 1.807) is 10.9 Å². The van der Waals surface area contributed by atoms with Gasteiger partial charge in [0.1, 0.15) is 11.4 Å². The van der Waals surface area contributed by atoms with E-state index in [4.69, 9.17) is 9.84 Å². The minimum atomic E-state index is -0.211. The maximum atomic E-state index is 13.1. The number of carbonyl (C=O) groups excluding carboxylic acids is 1. The van der Waals surface area contributed by atoms with E-state index < -0.39 is 0 Å². The lowest BCUT2D eigenvalue weighted by Crippen LogP contribution is -2.12. The maximum Gasteiger partial charge on any atom is 0.259 e. The number of hydrogen-bond acceptors (Lipinski definition) is 3. The van der Waals surface area contributed by atoms with Gasteiger partial charge in [-0.3, -0.25) is 4.79 Å². The number of nitrogens with one attached hydrogen (secondary N) is 1. The average Bonchev–Trinajstić information content (AvgIpc) is 3.22. The molecule has 1 N–H and O–H groups in total. The average molecular weight is 397 g/mol. The van der Waals surface area contributed by atoms with Crippen LogP contribution in [-0.4, -0.2) is 22.3 Å². The van der Waals surface area contributed by atoms with E-state index in [2.05, 4.69) is 5.32 Å². The Morgan fingerprint density at radius 1 is 0.967 bits per heavy atom. The first-order valence-electron chi connectivity index (χ1n) is 9.90. The number of rotatable bonds is 6. The predicted octanol–water partition coefficient (Wildman–Crippen LogP) is 5.50. The lowest BCUT2D eigenvalue weighted by molar-refractivity contribution is 0.102. The van der Waals surface area contributed by atoms with Crippen molar-refractivity contribution in [1.29, 1.82) is 0 Å². The highest BCUT2D eigenvalue weighted by Crippen LogP contribution is 2.25. The van der Waals surface area contributed by atoms with Crippen LogP contribution >= 0.6 is 0 Å². The van der Waals surface area contributed by atoms with Gasteiger partial charge in [0, 0.05) is 17.4 Å². The van der Waals surface area contributed by atoms with Crippen LogP contribution in [0, 0.1) is 6.92 Å². The van der Waals surface area contributed by atoms with Crippen molar-refractivity contribution in [1.82, 2.24) is 9.78 Å². The van der Waals surface area contributed by atoms with Gasteiger partial charge in [0.05, 0.1) is 17.9 Å². The second-order valence-electron chi connectivity index (χ2n) is 6.95. The van der Waals surface area contributed by atoms with Crippen LogP contribution in [0.4, 0.5) is 5.69 Å². The lowest BCUT2D eigenvalue weighted by Gasteiger charge is -2.07. The molecule has 4 rings (SSSR count). The highest BCUT2D eigenvalue weighted by atomic mass is 16.5. The van der Waals surface area contributed by atoms with Crippen LogP contribution in [0.1, 0.15) is 22.8 Å². The molecule has 1 aromatic heterocycles. The van der Waals surface area contributed by atoms with Crippen LogP contribution in [0.2, 0.25) is 0 Å². The Morgan fingerprint density at radius 3 is 2.33 bits per heavy atom. The van der Waals surface area contributed by atoms with E-state index >= 15 is 0 Å². The van der Waals surface area contributed by atoms with E-state index in [1.165, 1.54) is 0 Å². The minimum absolute atomic E-state index is 0.211. The normalized spacial score (nSPS) is 10.6. The Balaban J connectivity index is 1.68. The molecule has 0 unspecified atom stereocenters. The molecular formula is C25H23N3O2. The van der Waals surface area contributed by atoms with Crippen molar-refractivity contribution in [2.45, 2.75) is 13.8 Å². The third-order valence-electron chi connectivity index (χ3n) is 4.73. The van der Waals surface area contributed by atoms with Gasteiger partial charge in [0.2, 0.25) is 0 Å². The summed E-state index contributed by atoms with van der Waals surface area (Å²) in [5.74, 6) is 0.560. The number of aromatic nitrogens is 2. The van der Waals surface area contributed by atoms with Crippen molar-refractivity contribution in [2.24, 2.45) is 0 Å². The van der Waals surface area contributed by atoms with Gasteiger partial charge in [-0.25, -0.2) is 4.68 Å². The van der Waals surface area contributed by atoms with E-state index in [9.17, 15) is 4.79 Å². The first kappa shape index (κ1) is 19.5. The molecule has 5 heteroatoms. The van der Waals surface area contributed by atoms with Crippen molar-refractivity contribution >= 4 is 11.6 Å². The molecule has 0 aliphatic carbocycles. The summed E-state index contributed by atoms with van der Waals surface area (Å²) in [7, 11) is 0. The van der Waals surface area contributed by atoms with Crippen LogP contribution < -0.4 is 10.1 Å². The van der Waals surface area contributed by atoms with Crippen LogP contribution in [0.15, 0.2) is 85.1 Å².